The van der Waals surface area contributed by atoms with Gasteiger partial charge in [0.1, 0.15) is 0 Å². The van der Waals surface area contributed by atoms with Gasteiger partial charge in [0.25, 0.3) is 0 Å². The van der Waals surface area contributed by atoms with Gasteiger partial charge in [-0.25, -0.2) is 9.59 Å². The Kier molecular flexibility index (Phi) is 11.9. The molecular formula is C20H32O6. The number of aliphatic hydroxyl groups is 2. The van der Waals surface area contributed by atoms with Crippen molar-refractivity contribution in [1.29, 1.82) is 0 Å². The Morgan fingerprint density at radius 3 is 1.85 bits per heavy atom. The molecule has 0 fully saturated rings. The molecule has 0 bridgehead atoms. The van der Waals surface area contributed by atoms with Crippen LogP contribution in [-0.4, -0.2) is 28.3 Å². The van der Waals surface area contributed by atoms with Gasteiger partial charge < -0.3 is 19.7 Å². The molecule has 6 nitrogen and oxygen atoms in total. The Labute approximate surface area is 156 Å². The van der Waals surface area contributed by atoms with E-state index < -0.39 is 29.7 Å². The lowest BCUT2D eigenvalue weighted by Crippen LogP contribution is -2.25. The second-order valence-electron chi connectivity index (χ2n) is 6.44. The molecule has 0 spiro atoms. The first-order chi connectivity index (χ1) is 12.2. The average Bonchev–Trinajstić information content (AvgIpc) is 2.56. The lowest BCUT2D eigenvalue weighted by atomic mass is 10.1. The molecule has 0 aromatic rings. The highest BCUT2D eigenvalue weighted by atomic mass is 16.6. The smallest absolute Gasteiger partial charge is 0.338 e. The summed E-state index contributed by atoms with van der Waals surface area (Å²) in [4.78, 5) is 23.6. The van der Waals surface area contributed by atoms with Crippen molar-refractivity contribution in [3.8, 4) is 0 Å². The van der Waals surface area contributed by atoms with E-state index in [1.54, 1.807) is 0 Å². The number of rotatable bonds is 13. The predicted octanol–water partition coefficient (Wildman–Crippen LogP) is 5.02. The van der Waals surface area contributed by atoms with Crippen LogP contribution in [-0.2, 0) is 19.1 Å². The van der Waals surface area contributed by atoms with E-state index in [0.717, 1.165) is 19.3 Å². The quantitative estimate of drug-likeness (QED) is 0.205. The molecule has 0 aliphatic carbocycles. The summed E-state index contributed by atoms with van der Waals surface area (Å²) < 4.78 is 10.2. The monoisotopic (exact) mass is 368 g/mol. The second kappa shape index (κ2) is 13.0. The SMILES string of the molecule is C=C(C)C(=O)OC(=C(O)O)C(CCCCCCCCC)OC(=O)C(=C)C. The standard InChI is InChI=1S/C20H32O6/c1-6-7-8-9-10-11-12-13-16(25-19(23)14(2)3)17(18(21)22)26-20(24)15(4)5/h16,21-22H,2,4,6-13H2,1,3,5H3. The molecule has 0 saturated carbocycles. The van der Waals surface area contributed by atoms with Crippen LogP contribution in [0.5, 0.6) is 0 Å². The Balaban J connectivity index is 4.92. The van der Waals surface area contributed by atoms with Crippen molar-refractivity contribution >= 4 is 11.9 Å². The third kappa shape index (κ3) is 9.91. The summed E-state index contributed by atoms with van der Waals surface area (Å²) in [5.41, 5.74) is 0.252. The topological polar surface area (TPSA) is 93.1 Å². The molecule has 6 heteroatoms. The van der Waals surface area contributed by atoms with Crippen molar-refractivity contribution < 1.29 is 29.3 Å². The van der Waals surface area contributed by atoms with Crippen LogP contribution in [0.1, 0.15) is 72.1 Å². The normalized spacial score (nSPS) is 11.3. The van der Waals surface area contributed by atoms with E-state index in [2.05, 4.69) is 20.1 Å². The maximum absolute atomic E-state index is 11.8. The zero-order valence-electron chi connectivity index (χ0n) is 16.2. The van der Waals surface area contributed by atoms with Gasteiger partial charge in [-0.1, -0.05) is 58.6 Å². The highest BCUT2D eigenvalue weighted by molar-refractivity contribution is 5.88. The first-order valence-electron chi connectivity index (χ1n) is 9.06. The van der Waals surface area contributed by atoms with E-state index in [0.29, 0.717) is 12.8 Å². The summed E-state index contributed by atoms with van der Waals surface area (Å²) in [6.07, 6.45) is 6.54. The van der Waals surface area contributed by atoms with Crippen molar-refractivity contribution in [2.75, 3.05) is 0 Å². The molecule has 0 radical (unpaired) electrons. The highest BCUT2D eigenvalue weighted by Crippen LogP contribution is 2.21. The van der Waals surface area contributed by atoms with Crippen LogP contribution in [0.3, 0.4) is 0 Å². The van der Waals surface area contributed by atoms with Gasteiger partial charge in [0, 0.05) is 11.1 Å². The molecule has 148 valence electrons. The number of carbonyl (C=O) groups is 2. The van der Waals surface area contributed by atoms with Crippen LogP contribution in [0.4, 0.5) is 0 Å². The van der Waals surface area contributed by atoms with Crippen LogP contribution in [0.2, 0.25) is 0 Å². The van der Waals surface area contributed by atoms with E-state index in [9.17, 15) is 19.8 Å². The number of hydrogen-bond donors (Lipinski definition) is 2. The van der Waals surface area contributed by atoms with Crippen molar-refractivity contribution in [2.24, 2.45) is 0 Å². The molecule has 0 aromatic heterocycles. The van der Waals surface area contributed by atoms with Gasteiger partial charge in [0.05, 0.1) is 0 Å². The Hall–Kier alpha value is -2.24. The van der Waals surface area contributed by atoms with Gasteiger partial charge >= 0.3 is 17.9 Å². The Morgan fingerprint density at radius 2 is 1.38 bits per heavy atom. The van der Waals surface area contributed by atoms with Gasteiger partial charge in [0.2, 0.25) is 5.76 Å². The summed E-state index contributed by atoms with van der Waals surface area (Å²) in [6.45, 7) is 12.0. The fourth-order valence-corrected chi connectivity index (χ4v) is 2.20. The van der Waals surface area contributed by atoms with Crippen LogP contribution in [0, 0.1) is 0 Å². The third-order valence-electron chi connectivity index (χ3n) is 3.73. The molecule has 0 aliphatic rings. The molecular weight excluding hydrogens is 336 g/mol. The largest absolute Gasteiger partial charge is 0.479 e. The summed E-state index contributed by atoms with van der Waals surface area (Å²) in [6, 6.07) is 0. The fourth-order valence-electron chi connectivity index (χ4n) is 2.20. The van der Waals surface area contributed by atoms with Gasteiger partial charge in [-0.3, -0.25) is 0 Å². The molecule has 0 rings (SSSR count). The maximum Gasteiger partial charge on any atom is 0.338 e. The first kappa shape index (κ1) is 23.8. The van der Waals surface area contributed by atoms with Gasteiger partial charge in [-0.15, -0.1) is 0 Å². The average molecular weight is 368 g/mol. The minimum absolute atomic E-state index is 0.0876. The highest BCUT2D eigenvalue weighted by Gasteiger charge is 2.27. The van der Waals surface area contributed by atoms with E-state index in [4.69, 9.17) is 9.47 Å². The van der Waals surface area contributed by atoms with Crippen LogP contribution >= 0.6 is 0 Å². The van der Waals surface area contributed by atoms with E-state index in [1.165, 1.54) is 33.1 Å². The van der Waals surface area contributed by atoms with Gasteiger partial charge in [-0.05, 0) is 26.7 Å². The molecule has 0 amide bonds. The molecule has 2 N–H and O–H groups in total. The number of hydrogen-bond acceptors (Lipinski definition) is 6. The maximum atomic E-state index is 11.8. The minimum atomic E-state index is -1.19. The zero-order chi connectivity index (χ0) is 20.1. The second-order valence-corrected chi connectivity index (χ2v) is 6.44. The van der Waals surface area contributed by atoms with Crippen LogP contribution < -0.4 is 0 Å². The molecule has 0 saturated heterocycles. The lowest BCUT2D eigenvalue weighted by molar-refractivity contribution is -0.149. The Bertz CT molecular complexity index is 528. The number of esters is 2. The van der Waals surface area contributed by atoms with Gasteiger partial charge in [0.15, 0.2) is 6.10 Å². The van der Waals surface area contributed by atoms with Crippen LogP contribution in [0.25, 0.3) is 0 Å². The Morgan fingerprint density at radius 1 is 0.885 bits per heavy atom. The van der Waals surface area contributed by atoms with Crippen molar-refractivity contribution in [1.82, 2.24) is 0 Å². The van der Waals surface area contributed by atoms with Crippen molar-refractivity contribution in [3.05, 3.63) is 36.0 Å². The molecule has 0 heterocycles. The number of carbonyl (C=O) groups excluding carboxylic acids is 2. The van der Waals surface area contributed by atoms with E-state index >= 15 is 0 Å². The number of aliphatic hydroxyl groups excluding tert-OH is 1. The third-order valence-corrected chi connectivity index (χ3v) is 3.73. The van der Waals surface area contributed by atoms with Crippen LogP contribution in [0.15, 0.2) is 36.0 Å². The number of ether oxygens (including phenoxy) is 2. The number of unbranched alkanes of at least 4 members (excludes halogenated alkanes) is 6. The molecule has 1 atom stereocenters. The molecule has 26 heavy (non-hydrogen) atoms. The summed E-state index contributed by atoms with van der Waals surface area (Å²) in [7, 11) is 0. The minimum Gasteiger partial charge on any atom is -0.479 e. The lowest BCUT2D eigenvalue weighted by Gasteiger charge is -2.20. The molecule has 1 unspecified atom stereocenters. The summed E-state index contributed by atoms with van der Waals surface area (Å²) in [5.74, 6) is -3.19. The summed E-state index contributed by atoms with van der Waals surface area (Å²) >= 11 is 0. The van der Waals surface area contributed by atoms with E-state index in [-0.39, 0.29) is 11.1 Å². The fraction of sp³-hybridized carbons (Fsp3) is 0.600. The molecule has 0 aromatic carbocycles. The predicted molar refractivity (Wildman–Crippen MR) is 100 cm³/mol. The molecule has 0 aliphatic heterocycles. The van der Waals surface area contributed by atoms with E-state index in [1.807, 2.05) is 0 Å². The first-order valence-corrected chi connectivity index (χ1v) is 9.06. The van der Waals surface area contributed by atoms with Crippen molar-refractivity contribution in [3.63, 3.8) is 0 Å². The zero-order valence-corrected chi connectivity index (χ0v) is 16.2. The van der Waals surface area contributed by atoms with Gasteiger partial charge in [-0.2, -0.15) is 0 Å². The van der Waals surface area contributed by atoms with Crippen molar-refractivity contribution in [2.45, 2.75) is 78.2 Å². The summed E-state index contributed by atoms with van der Waals surface area (Å²) in [5, 5.41) is 19.0.